The van der Waals surface area contributed by atoms with Crippen LogP contribution in [0, 0.1) is 0 Å². The van der Waals surface area contributed by atoms with Crippen molar-refractivity contribution in [2.75, 3.05) is 18.2 Å². The average Bonchev–Trinajstić information content (AvgIpc) is 3.21. The van der Waals surface area contributed by atoms with Gasteiger partial charge >= 0.3 is 0 Å². The SMILES string of the molecule is COc1ccc(NC(=O)CSc2nnc(-c3ccncc3)n2Cc2ccccc2)cc1Cl. The highest BCUT2D eigenvalue weighted by Gasteiger charge is 2.16. The first-order valence-corrected chi connectivity index (χ1v) is 11.1. The Balaban J connectivity index is 1.51. The molecule has 1 N–H and O–H groups in total. The Morgan fingerprint density at radius 2 is 1.88 bits per heavy atom. The molecule has 0 aliphatic rings. The molecule has 2 heterocycles. The lowest BCUT2D eigenvalue weighted by molar-refractivity contribution is -0.113. The van der Waals surface area contributed by atoms with Crippen LogP contribution < -0.4 is 10.1 Å². The van der Waals surface area contributed by atoms with Gasteiger partial charge in [0.15, 0.2) is 11.0 Å². The summed E-state index contributed by atoms with van der Waals surface area (Å²) in [5.74, 6) is 1.28. The Kier molecular flexibility index (Phi) is 7.03. The fourth-order valence-corrected chi connectivity index (χ4v) is 4.09. The van der Waals surface area contributed by atoms with Crippen molar-refractivity contribution in [2.45, 2.75) is 11.7 Å². The van der Waals surface area contributed by atoms with E-state index in [1.807, 2.05) is 47.0 Å². The fourth-order valence-electron chi connectivity index (χ4n) is 3.09. The molecular weight excluding hydrogens is 446 g/mol. The van der Waals surface area contributed by atoms with E-state index >= 15 is 0 Å². The molecule has 7 nitrogen and oxygen atoms in total. The van der Waals surface area contributed by atoms with Crippen molar-refractivity contribution in [1.29, 1.82) is 0 Å². The second-order valence-corrected chi connectivity index (χ2v) is 8.15. The minimum atomic E-state index is -0.170. The Morgan fingerprint density at radius 1 is 1.09 bits per heavy atom. The number of ether oxygens (including phenoxy) is 1. The molecule has 0 aliphatic heterocycles. The van der Waals surface area contributed by atoms with Gasteiger partial charge in [0.1, 0.15) is 5.75 Å². The summed E-state index contributed by atoms with van der Waals surface area (Å²) in [4.78, 5) is 16.6. The first-order chi connectivity index (χ1) is 15.6. The van der Waals surface area contributed by atoms with Gasteiger partial charge in [-0.05, 0) is 35.9 Å². The molecule has 2 aromatic heterocycles. The van der Waals surface area contributed by atoms with Crippen LogP contribution in [0.4, 0.5) is 5.69 Å². The molecule has 1 amide bonds. The Hall–Kier alpha value is -3.36. The van der Waals surface area contributed by atoms with Gasteiger partial charge in [-0.1, -0.05) is 53.7 Å². The Morgan fingerprint density at radius 3 is 2.59 bits per heavy atom. The molecule has 162 valence electrons. The van der Waals surface area contributed by atoms with Crippen molar-refractivity contribution >= 4 is 35.0 Å². The van der Waals surface area contributed by atoms with Gasteiger partial charge in [0.05, 0.1) is 24.4 Å². The number of amides is 1. The summed E-state index contributed by atoms with van der Waals surface area (Å²) in [7, 11) is 1.54. The van der Waals surface area contributed by atoms with E-state index in [1.54, 1.807) is 37.7 Å². The summed E-state index contributed by atoms with van der Waals surface area (Å²) >= 11 is 7.46. The van der Waals surface area contributed by atoms with E-state index in [9.17, 15) is 4.79 Å². The van der Waals surface area contributed by atoms with Crippen LogP contribution in [0.5, 0.6) is 5.75 Å². The molecule has 0 fully saturated rings. The largest absolute Gasteiger partial charge is 0.495 e. The fraction of sp³-hybridized carbons (Fsp3) is 0.130. The van der Waals surface area contributed by atoms with Crippen molar-refractivity contribution < 1.29 is 9.53 Å². The smallest absolute Gasteiger partial charge is 0.234 e. The van der Waals surface area contributed by atoms with E-state index in [4.69, 9.17) is 16.3 Å². The summed E-state index contributed by atoms with van der Waals surface area (Å²) in [6.45, 7) is 0.587. The van der Waals surface area contributed by atoms with E-state index < -0.39 is 0 Å². The molecule has 4 aromatic rings. The van der Waals surface area contributed by atoms with E-state index in [-0.39, 0.29) is 11.7 Å². The number of methoxy groups -OCH3 is 1. The number of pyridine rings is 1. The van der Waals surface area contributed by atoms with Crippen molar-refractivity contribution in [3.05, 3.63) is 83.6 Å². The van der Waals surface area contributed by atoms with Crippen LogP contribution in [0.15, 0.2) is 78.2 Å². The van der Waals surface area contributed by atoms with Crippen LogP contribution in [0.25, 0.3) is 11.4 Å². The molecule has 4 rings (SSSR count). The highest BCUT2D eigenvalue weighted by molar-refractivity contribution is 7.99. The van der Waals surface area contributed by atoms with Crippen LogP contribution in [0.3, 0.4) is 0 Å². The third-order valence-corrected chi connectivity index (χ3v) is 5.87. The number of hydrogen-bond donors (Lipinski definition) is 1. The molecule has 0 bridgehead atoms. The predicted molar refractivity (Wildman–Crippen MR) is 126 cm³/mol. The van der Waals surface area contributed by atoms with Gasteiger partial charge in [0.25, 0.3) is 0 Å². The standard InChI is InChI=1S/C23H20ClN5O2S/c1-31-20-8-7-18(13-19(20)24)26-21(30)15-32-23-28-27-22(17-9-11-25-12-10-17)29(23)14-16-5-3-2-4-6-16/h2-13H,14-15H2,1H3,(H,26,30). The Bertz CT molecular complexity index is 1200. The monoisotopic (exact) mass is 465 g/mol. The average molecular weight is 466 g/mol. The quantitative estimate of drug-likeness (QED) is 0.377. The van der Waals surface area contributed by atoms with E-state index in [1.165, 1.54) is 11.8 Å². The van der Waals surface area contributed by atoms with Gasteiger partial charge in [0.2, 0.25) is 5.91 Å². The topological polar surface area (TPSA) is 81.9 Å². The molecule has 32 heavy (non-hydrogen) atoms. The molecule has 0 spiro atoms. The van der Waals surface area contributed by atoms with Crippen LogP contribution in [-0.2, 0) is 11.3 Å². The van der Waals surface area contributed by atoms with E-state index in [0.717, 1.165) is 17.0 Å². The van der Waals surface area contributed by atoms with Gasteiger partial charge in [-0.2, -0.15) is 0 Å². The van der Waals surface area contributed by atoms with Crippen LogP contribution >= 0.6 is 23.4 Å². The van der Waals surface area contributed by atoms with Crippen LogP contribution in [0.1, 0.15) is 5.56 Å². The molecule has 0 saturated carbocycles. The minimum absolute atomic E-state index is 0.170. The Labute approximate surface area is 194 Å². The minimum Gasteiger partial charge on any atom is -0.495 e. The lowest BCUT2D eigenvalue weighted by Crippen LogP contribution is -2.15. The normalized spacial score (nSPS) is 10.7. The van der Waals surface area contributed by atoms with Crippen molar-refractivity contribution in [2.24, 2.45) is 0 Å². The van der Waals surface area contributed by atoms with Crippen molar-refractivity contribution in [3.63, 3.8) is 0 Å². The van der Waals surface area contributed by atoms with Crippen LogP contribution in [-0.4, -0.2) is 38.5 Å². The van der Waals surface area contributed by atoms with Gasteiger partial charge in [-0.15, -0.1) is 10.2 Å². The molecule has 2 aromatic carbocycles. The number of nitrogens with one attached hydrogen (secondary N) is 1. The first-order valence-electron chi connectivity index (χ1n) is 9.78. The summed E-state index contributed by atoms with van der Waals surface area (Å²) in [6, 6.07) is 18.9. The first kappa shape index (κ1) is 21.9. The number of nitrogens with zero attached hydrogens (tertiary/aromatic N) is 4. The highest BCUT2D eigenvalue weighted by atomic mass is 35.5. The summed E-state index contributed by atoms with van der Waals surface area (Å²) < 4.78 is 7.15. The molecular formula is C23H20ClN5O2S. The zero-order chi connectivity index (χ0) is 22.3. The lowest BCUT2D eigenvalue weighted by Gasteiger charge is -2.11. The summed E-state index contributed by atoms with van der Waals surface area (Å²) in [6.07, 6.45) is 3.44. The number of benzene rings is 2. The molecule has 0 aliphatic carbocycles. The van der Waals surface area contributed by atoms with Gasteiger partial charge in [-0.3, -0.25) is 14.3 Å². The zero-order valence-electron chi connectivity index (χ0n) is 17.2. The molecule has 9 heteroatoms. The van der Waals surface area contributed by atoms with Crippen molar-refractivity contribution in [3.8, 4) is 17.1 Å². The van der Waals surface area contributed by atoms with Crippen LogP contribution in [0.2, 0.25) is 5.02 Å². The highest BCUT2D eigenvalue weighted by Crippen LogP contribution is 2.28. The van der Waals surface area contributed by atoms with Gasteiger partial charge in [-0.25, -0.2) is 0 Å². The van der Waals surface area contributed by atoms with E-state index in [0.29, 0.717) is 28.2 Å². The zero-order valence-corrected chi connectivity index (χ0v) is 18.8. The number of halogens is 1. The number of thioether (sulfide) groups is 1. The van der Waals surface area contributed by atoms with Gasteiger partial charge in [0, 0.05) is 23.6 Å². The second-order valence-electron chi connectivity index (χ2n) is 6.80. The number of rotatable bonds is 8. The van der Waals surface area contributed by atoms with Gasteiger partial charge < -0.3 is 10.1 Å². The molecule has 0 atom stereocenters. The molecule has 0 radical (unpaired) electrons. The summed E-state index contributed by atoms with van der Waals surface area (Å²) in [5.41, 5.74) is 2.62. The molecule has 0 saturated heterocycles. The predicted octanol–water partition coefficient (Wildman–Crippen LogP) is 4.78. The maximum Gasteiger partial charge on any atom is 0.234 e. The third kappa shape index (κ3) is 5.27. The van der Waals surface area contributed by atoms with Crippen molar-refractivity contribution in [1.82, 2.24) is 19.7 Å². The maximum absolute atomic E-state index is 12.5. The lowest BCUT2D eigenvalue weighted by atomic mass is 10.2. The third-order valence-electron chi connectivity index (χ3n) is 4.61. The number of aromatic nitrogens is 4. The molecule has 0 unspecified atom stereocenters. The summed E-state index contributed by atoms with van der Waals surface area (Å²) in [5, 5.41) is 12.7. The van der Waals surface area contributed by atoms with E-state index in [2.05, 4.69) is 20.5 Å². The number of carbonyl (C=O) groups excluding carboxylic acids is 1. The maximum atomic E-state index is 12.5. The number of hydrogen-bond acceptors (Lipinski definition) is 6. The number of anilines is 1. The number of carbonyl (C=O) groups is 1. The second kappa shape index (κ2) is 10.3.